The highest BCUT2D eigenvalue weighted by molar-refractivity contribution is 5.67. The highest BCUT2D eigenvalue weighted by atomic mass is 16.1. The number of rotatable bonds is 1. The van der Waals surface area contributed by atoms with E-state index in [1.165, 1.54) is 0 Å². The highest BCUT2D eigenvalue weighted by Gasteiger charge is 2.09. The lowest BCUT2D eigenvalue weighted by atomic mass is 10.3. The molecule has 78 valence electrons. The molecule has 0 saturated heterocycles. The summed E-state index contributed by atoms with van der Waals surface area (Å²) in [4.78, 5) is 16.4. The molecule has 1 aromatic carbocycles. The second-order valence-electron chi connectivity index (χ2n) is 3.44. The molecule has 0 aliphatic heterocycles. The van der Waals surface area contributed by atoms with Gasteiger partial charge in [-0.15, -0.1) is 0 Å². The SMILES string of the molecule is O=c1[nH]c2cc[n+](-c3ccccc3)nc2[nH]1. The van der Waals surface area contributed by atoms with Crippen LogP contribution < -0.4 is 10.4 Å². The summed E-state index contributed by atoms with van der Waals surface area (Å²) in [5.41, 5.74) is 1.97. The molecule has 5 heteroatoms. The van der Waals surface area contributed by atoms with Gasteiger partial charge in [-0.3, -0.25) is 4.98 Å². The molecule has 2 heterocycles. The Kier molecular flexibility index (Phi) is 1.83. The number of hydrogen-bond acceptors (Lipinski definition) is 2. The standard InChI is InChI=1S/C11H8N4O/c16-11-12-9-6-7-15(14-10(9)13-11)8-4-2-1-3-5-8/h1-7H,(H,13,14,16)/p+1. The van der Waals surface area contributed by atoms with E-state index in [-0.39, 0.29) is 5.69 Å². The average molecular weight is 213 g/mol. The van der Waals surface area contributed by atoms with Crippen LogP contribution in [0.25, 0.3) is 16.9 Å². The van der Waals surface area contributed by atoms with E-state index in [0.717, 1.165) is 5.69 Å². The summed E-state index contributed by atoms with van der Waals surface area (Å²) < 4.78 is 1.71. The maximum Gasteiger partial charge on any atom is 0.325 e. The van der Waals surface area contributed by atoms with Gasteiger partial charge < -0.3 is 4.98 Å². The molecule has 0 radical (unpaired) electrons. The fourth-order valence-electron chi connectivity index (χ4n) is 1.60. The lowest BCUT2D eigenvalue weighted by molar-refractivity contribution is -0.657. The van der Waals surface area contributed by atoms with E-state index in [1.54, 1.807) is 10.9 Å². The number of H-pyrrole nitrogens is 2. The van der Waals surface area contributed by atoms with Gasteiger partial charge in [-0.25, -0.2) is 4.79 Å². The summed E-state index contributed by atoms with van der Waals surface area (Å²) in [6.45, 7) is 0. The first-order valence-electron chi connectivity index (χ1n) is 4.89. The zero-order valence-electron chi connectivity index (χ0n) is 8.34. The van der Waals surface area contributed by atoms with Gasteiger partial charge in [0.15, 0.2) is 0 Å². The van der Waals surface area contributed by atoms with Crippen molar-refractivity contribution in [2.24, 2.45) is 0 Å². The number of hydrogen-bond donors (Lipinski definition) is 2. The van der Waals surface area contributed by atoms with Crippen molar-refractivity contribution in [3.8, 4) is 5.69 Å². The number of nitrogens with one attached hydrogen (secondary N) is 2. The molecule has 0 amide bonds. The van der Waals surface area contributed by atoms with Crippen LogP contribution in [0, 0.1) is 0 Å². The monoisotopic (exact) mass is 213 g/mol. The van der Waals surface area contributed by atoms with Gasteiger partial charge >= 0.3 is 5.69 Å². The molecule has 16 heavy (non-hydrogen) atoms. The molecule has 0 aliphatic rings. The predicted molar refractivity (Wildman–Crippen MR) is 58.2 cm³/mol. The molecule has 0 fully saturated rings. The van der Waals surface area contributed by atoms with Crippen molar-refractivity contribution in [2.45, 2.75) is 0 Å². The van der Waals surface area contributed by atoms with Crippen LogP contribution in [0.2, 0.25) is 0 Å². The van der Waals surface area contributed by atoms with Crippen LogP contribution in [0.3, 0.4) is 0 Å². The third kappa shape index (κ3) is 1.38. The van der Waals surface area contributed by atoms with Gasteiger partial charge in [0.1, 0.15) is 0 Å². The quantitative estimate of drug-likeness (QED) is 0.579. The van der Waals surface area contributed by atoms with Crippen molar-refractivity contribution in [3.63, 3.8) is 0 Å². The van der Waals surface area contributed by atoms with E-state index < -0.39 is 0 Å². The fourth-order valence-corrected chi connectivity index (χ4v) is 1.60. The van der Waals surface area contributed by atoms with E-state index in [9.17, 15) is 4.79 Å². The number of nitrogens with zero attached hydrogens (tertiary/aromatic N) is 2. The van der Waals surface area contributed by atoms with Crippen LogP contribution in [0.1, 0.15) is 0 Å². The van der Waals surface area contributed by atoms with Crippen LogP contribution in [0.4, 0.5) is 0 Å². The summed E-state index contributed by atoms with van der Waals surface area (Å²) in [5.74, 6) is 0. The normalized spacial score (nSPS) is 10.8. The minimum atomic E-state index is -0.242. The van der Waals surface area contributed by atoms with Gasteiger partial charge in [-0.2, -0.15) is 0 Å². The van der Waals surface area contributed by atoms with Crippen molar-refractivity contribution in [2.75, 3.05) is 0 Å². The number of fused-ring (bicyclic) bond motifs is 1. The minimum absolute atomic E-state index is 0.242. The van der Waals surface area contributed by atoms with Gasteiger partial charge in [-0.1, -0.05) is 22.9 Å². The molecular formula is C11H9N4O+. The molecule has 0 spiro atoms. The van der Waals surface area contributed by atoms with Crippen LogP contribution in [-0.4, -0.2) is 15.1 Å². The van der Waals surface area contributed by atoms with Gasteiger partial charge in [-0.05, 0) is 0 Å². The largest absolute Gasteiger partial charge is 0.325 e. The molecular weight excluding hydrogens is 204 g/mol. The second-order valence-corrected chi connectivity index (χ2v) is 3.44. The van der Waals surface area contributed by atoms with Crippen molar-refractivity contribution < 1.29 is 4.68 Å². The topological polar surface area (TPSA) is 65.4 Å². The smallest absolute Gasteiger partial charge is 0.304 e. The summed E-state index contributed by atoms with van der Waals surface area (Å²) in [6, 6.07) is 11.5. The van der Waals surface area contributed by atoms with E-state index >= 15 is 0 Å². The van der Waals surface area contributed by atoms with Crippen LogP contribution >= 0.6 is 0 Å². The lowest BCUT2D eigenvalue weighted by Crippen LogP contribution is -2.34. The van der Waals surface area contributed by atoms with Crippen molar-refractivity contribution in [1.29, 1.82) is 0 Å². The van der Waals surface area contributed by atoms with E-state index in [2.05, 4.69) is 15.1 Å². The maximum atomic E-state index is 11.1. The summed E-state index contributed by atoms with van der Waals surface area (Å²) >= 11 is 0. The van der Waals surface area contributed by atoms with E-state index in [4.69, 9.17) is 0 Å². The molecule has 3 rings (SSSR count). The number of aromatic amines is 2. The summed E-state index contributed by atoms with van der Waals surface area (Å²) in [7, 11) is 0. The minimum Gasteiger partial charge on any atom is -0.304 e. The van der Waals surface area contributed by atoms with Crippen molar-refractivity contribution in [1.82, 2.24) is 15.1 Å². The Morgan fingerprint density at radius 1 is 1.06 bits per heavy atom. The van der Waals surface area contributed by atoms with Crippen molar-refractivity contribution >= 4 is 11.2 Å². The molecule has 2 N–H and O–H groups in total. The Labute approximate surface area is 90.4 Å². The number of aromatic nitrogens is 4. The van der Waals surface area contributed by atoms with E-state index in [0.29, 0.717) is 11.2 Å². The zero-order chi connectivity index (χ0) is 11.0. The molecule has 0 saturated carbocycles. The third-order valence-electron chi connectivity index (χ3n) is 2.35. The van der Waals surface area contributed by atoms with Crippen molar-refractivity contribution in [3.05, 3.63) is 53.1 Å². The van der Waals surface area contributed by atoms with Gasteiger partial charge in [0.25, 0.3) is 0 Å². The van der Waals surface area contributed by atoms with Crippen LogP contribution in [-0.2, 0) is 0 Å². The fraction of sp³-hybridized carbons (Fsp3) is 0. The Morgan fingerprint density at radius 2 is 1.88 bits per heavy atom. The Bertz CT molecular complexity index is 684. The van der Waals surface area contributed by atoms with Gasteiger partial charge in [0.05, 0.1) is 5.52 Å². The highest BCUT2D eigenvalue weighted by Crippen LogP contribution is 2.01. The zero-order valence-corrected chi connectivity index (χ0v) is 8.34. The maximum absolute atomic E-state index is 11.1. The summed E-state index contributed by atoms with van der Waals surface area (Å²) in [6.07, 6.45) is 1.81. The Hall–Kier alpha value is -2.43. The average Bonchev–Trinajstić information content (AvgIpc) is 2.69. The molecule has 0 aliphatic carbocycles. The van der Waals surface area contributed by atoms with Crippen LogP contribution in [0.15, 0.2) is 47.4 Å². The first-order chi connectivity index (χ1) is 7.83. The Morgan fingerprint density at radius 3 is 2.69 bits per heavy atom. The molecule has 0 unspecified atom stereocenters. The van der Waals surface area contributed by atoms with Gasteiger partial charge in [0.2, 0.25) is 17.5 Å². The van der Waals surface area contributed by atoms with Crippen LogP contribution in [0.5, 0.6) is 0 Å². The summed E-state index contributed by atoms with van der Waals surface area (Å²) in [5, 5.41) is 4.30. The molecule has 2 aromatic heterocycles. The molecule has 3 aromatic rings. The second kappa shape index (κ2) is 3.30. The molecule has 5 nitrogen and oxygen atoms in total. The molecule has 0 bridgehead atoms. The third-order valence-corrected chi connectivity index (χ3v) is 2.35. The number of para-hydroxylation sites is 1. The Balaban J connectivity index is 2.22. The lowest BCUT2D eigenvalue weighted by Gasteiger charge is -1.91. The molecule has 0 atom stereocenters. The number of imidazole rings is 1. The first-order valence-corrected chi connectivity index (χ1v) is 4.89. The van der Waals surface area contributed by atoms with E-state index in [1.807, 2.05) is 36.4 Å². The predicted octanol–water partition coefficient (Wildman–Crippen LogP) is 0.528. The number of benzene rings is 1. The first kappa shape index (κ1) is 8.84. The van der Waals surface area contributed by atoms with Gasteiger partial charge in [0, 0.05) is 23.3 Å².